The number of nitrogens with one attached hydrogen (secondary N) is 1. The van der Waals surface area contributed by atoms with Crippen molar-refractivity contribution in [1.29, 1.82) is 0 Å². The summed E-state index contributed by atoms with van der Waals surface area (Å²) < 4.78 is 69.8. The first-order valence-corrected chi connectivity index (χ1v) is 16.3. The predicted molar refractivity (Wildman–Crippen MR) is 172 cm³/mol. The van der Waals surface area contributed by atoms with Crippen LogP contribution in [0.1, 0.15) is 30.0 Å². The Morgan fingerprint density at radius 2 is 1.50 bits per heavy atom. The van der Waals surface area contributed by atoms with Gasteiger partial charge in [-0.2, -0.15) is 13.2 Å². The summed E-state index contributed by atoms with van der Waals surface area (Å²) in [6.45, 7) is 1.14. The molecule has 12 heteroatoms. The van der Waals surface area contributed by atoms with E-state index in [2.05, 4.69) is 5.32 Å². The molecule has 46 heavy (non-hydrogen) atoms. The van der Waals surface area contributed by atoms with Gasteiger partial charge in [0.05, 0.1) is 16.1 Å². The van der Waals surface area contributed by atoms with Crippen LogP contribution in [-0.4, -0.2) is 44.3 Å². The summed E-state index contributed by atoms with van der Waals surface area (Å²) in [6, 6.07) is 25.5. The number of amides is 2. The van der Waals surface area contributed by atoms with Crippen LogP contribution in [0.4, 0.5) is 18.9 Å². The van der Waals surface area contributed by atoms with Crippen molar-refractivity contribution in [2.75, 3.05) is 17.4 Å². The molecule has 1 atom stereocenters. The molecule has 2 amide bonds. The second-order valence-electron chi connectivity index (χ2n) is 10.5. The van der Waals surface area contributed by atoms with Crippen LogP contribution in [0.15, 0.2) is 114 Å². The van der Waals surface area contributed by atoms with E-state index in [1.165, 1.54) is 35.2 Å². The highest BCUT2D eigenvalue weighted by Gasteiger charge is 2.36. The van der Waals surface area contributed by atoms with Crippen LogP contribution in [-0.2, 0) is 38.8 Å². The molecule has 242 valence electrons. The van der Waals surface area contributed by atoms with Gasteiger partial charge in [-0.15, -0.1) is 0 Å². The molecule has 4 rings (SSSR count). The van der Waals surface area contributed by atoms with E-state index in [0.29, 0.717) is 33.9 Å². The first-order chi connectivity index (χ1) is 21.9. The van der Waals surface area contributed by atoms with Gasteiger partial charge in [-0.3, -0.25) is 13.9 Å². The third kappa shape index (κ3) is 8.67. The predicted octanol–water partition coefficient (Wildman–Crippen LogP) is 6.72. The van der Waals surface area contributed by atoms with E-state index in [0.717, 1.165) is 17.7 Å². The molecule has 0 bridgehead atoms. The first-order valence-electron chi connectivity index (χ1n) is 14.5. The second-order valence-corrected chi connectivity index (χ2v) is 12.8. The highest BCUT2D eigenvalue weighted by atomic mass is 35.5. The largest absolute Gasteiger partial charge is 0.416 e. The van der Waals surface area contributed by atoms with E-state index in [4.69, 9.17) is 11.6 Å². The van der Waals surface area contributed by atoms with Crippen LogP contribution < -0.4 is 9.62 Å². The van der Waals surface area contributed by atoms with Gasteiger partial charge in [0, 0.05) is 24.5 Å². The minimum absolute atomic E-state index is 0.0849. The highest BCUT2D eigenvalue weighted by molar-refractivity contribution is 7.92. The van der Waals surface area contributed by atoms with Crippen molar-refractivity contribution in [2.45, 2.75) is 43.4 Å². The molecular formula is C34H33ClF3N3O4S. The van der Waals surface area contributed by atoms with Crippen LogP contribution in [0.5, 0.6) is 0 Å². The summed E-state index contributed by atoms with van der Waals surface area (Å²) in [7, 11) is -4.55. The monoisotopic (exact) mass is 671 g/mol. The summed E-state index contributed by atoms with van der Waals surface area (Å²) in [4.78, 5) is 29.1. The molecule has 0 aliphatic heterocycles. The molecule has 0 saturated heterocycles. The quantitative estimate of drug-likeness (QED) is 0.171. The summed E-state index contributed by atoms with van der Waals surface area (Å²) in [5, 5.41) is 3.15. The minimum atomic E-state index is -4.77. The lowest BCUT2D eigenvalue weighted by atomic mass is 10.0. The molecule has 0 saturated carbocycles. The van der Waals surface area contributed by atoms with Crippen molar-refractivity contribution in [3.8, 4) is 0 Å². The molecule has 4 aromatic carbocycles. The van der Waals surface area contributed by atoms with Crippen LogP contribution in [0, 0.1) is 0 Å². The molecule has 0 heterocycles. The molecule has 7 nitrogen and oxygen atoms in total. The van der Waals surface area contributed by atoms with Crippen LogP contribution >= 0.6 is 11.6 Å². The van der Waals surface area contributed by atoms with Gasteiger partial charge in [0.25, 0.3) is 10.0 Å². The van der Waals surface area contributed by atoms with Crippen LogP contribution in [0.2, 0.25) is 5.02 Å². The van der Waals surface area contributed by atoms with E-state index < -0.39 is 46.2 Å². The van der Waals surface area contributed by atoms with E-state index in [1.807, 2.05) is 13.0 Å². The summed E-state index contributed by atoms with van der Waals surface area (Å²) >= 11 is 6.46. The summed E-state index contributed by atoms with van der Waals surface area (Å²) in [5.41, 5.74) is -0.211. The van der Waals surface area contributed by atoms with Crippen molar-refractivity contribution in [2.24, 2.45) is 0 Å². The normalized spacial score (nSPS) is 12.3. The topological polar surface area (TPSA) is 86.8 Å². The number of carbonyl (C=O) groups is 2. The van der Waals surface area contributed by atoms with Gasteiger partial charge in [-0.1, -0.05) is 91.3 Å². The number of halogens is 4. The molecule has 0 fully saturated rings. The number of nitrogens with zero attached hydrogens (tertiary/aromatic N) is 2. The fraction of sp³-hybridized carbons (Fsp3) is 0.235. The molecule has 1 N–H and O–H groups in total. The van der Waals surface area contributed by atoms with Crippen molar-refractivity contribution >= 4 is 39.1 Å². The number of sulfonamides is 1. The van der Waals surface area contributed by atoms with E-state index >= 15 is 0 Å². The number of carbonyl (C=O) groups excluding carboxylic acids is 2. The van der Waals surface area contributed by atoms with Crippen LogP contribution in [0.25, 0.3) is 0 Å². The molecule has 4 aromatic rings. The zero-order chi connectivity index (χ0) is 33.3. The van der Waals surface area contributed by atoms with Gasteiger partial charge in [0.2, 0.25) is 11.8 Å². The zero-order valence-electron chi connectivity index (χ0n) is 25.0. The van der Waals surface area contributed by atoms with Crippen molar-refractivity contribution < 1.29 is 31.2 Å². The Morgan fingerprint density at radius 1 is 0.870 bits per heavy atom. The van der Waals surface area contributed by atoms with Crippen molar-refractivity contribution in [1.82, 2.24) is 10.2 Å². The first kappa shape index (κ1) is 34.5. The molecule has 0 aliphatic carbocycles. The SMILES string of the molecule is CCCNC(=O)[C@@H](Cc1ccccc1)N(Cc1ccccc1Cl)C(=O)CN(c1cccc(C(F)(F)F)c1)S(=O)(=O)c1ccccc1. The summed E-state index contributed by atoms with van der Waals surface area (Å²) in [6.07, 6.45) is -4.06. The van der Waals surface area contributed by atoms with Gasteiger partial charge in [-0.25, -0.2) is 8.42 Å². The average molecular weight is 672 g/mol. The van der Waals surface area contributed by atoms with Gasteiger partial charge < -0.3 is 10.2 Å². The van der Waals surface area contributed by atoms with Gasteiger partial charge in [0.15, 0.2) is 0 Å². The maximum absolute atomic E-state index is 14.4. The number of anilines is 1. The Morgan fingerprint density at radius 3 is 2.13 bits per heavy atom. The molecule has 0 unspecified atom stereocenters. The zero-order valence-corrected chi connectivity index (χ0v) is 26.5. The third-order valence-electron chi connectivity index (χ3n) is 7.19. The number of hydrogen-bond acceptors (Lipinski definition) is 4. The fourth-order valence-corrected chi connectivity index (χ4v) is 6.44. The van der Waals surface area contributed by atoms with Gasteiger partial charge in [0.1, 0.15) is 12.6 Å². The standard InChI is InChI=1S/C34H33ClF3N3O4S/c1-2-20-39-33(43)31(21-25-12-5-3-6-13-25)40(23-26-14-9-10-19-30(26)35)32(42)24-41(46(44,45)29-17-7-4-8-18-29)28-16-11-15-27(22-28)34(36,37)38/h3-19,22,31H,2,20-21,23-24H2,1H3,(H,39,43)/t31-/m1/s1. The number of rotatable bonds is 13. The number of benzene rings is 4. The Bertz CT molecular complexity index is 1740. The Kier molecular flexibility index (Phi) is 11.5. The maximum Gasteiger partial charge on any atom is 0.416 e. The molecular weight excluding hydrogens is 639 g/mol. The lowest BCUT2D eigenvalue weighted by molar-refractivity contribution is -0.140. The van der Waals surface area contributed by atoms with Gasteiger partial charge in [-0.05, 0) is 53.9 Å². The van der Waals surface area contributed by atoms with Crippen LogP contribution in [0.3, 0.4) is 0 Å². The molecule has 0 aliphatic rings. The lowest BCUT2D eigenvalue weighted by Gasteiger charge is -2.34. The van der Waals surface area contributed by atoms with Crippen molar-refractivity contribution in [3.05, 3.63) is 131 Å². The number of hydrogen-bond donors (Lipinski definition) is 1. The minimum Gasteiger partial charge on any atom is -0.354 e. The second kappa shape index (κ2) is 15.3. The smallest absolute Gasteiger partial charge is 0.354 e. The lowest BCUT2D eigenvalue weighted by Crippen LogP contribution is -2.53. The molecule has 0 radical (unpaired) electrons. The van der Waals surface area contributed by atoms with Crippen molar-refractivity contribution in [3.63, 3.8) is 0 Å². The maximum atomic E-state index is 14.4. The van der Waals surface area contributed by atoms with E-state index in [9.17, 15) is 31.2 Å². The van der Waals surface area contributed by atoms with E-state index in [-0.39, 0.29) is 23.5 Å². The third-order valence-corrected chi connectivity index (χ3v) is 9.35. The van der Waals surface area contributed by atoms with E-state index in [1.54, 1.807) is 54.6 Å². The number of alkyl halides is 3. The molecule has 0 aromatic heterocycles. The highest BCUT2D eigenvalue weighted by Crippen LogP contribution is 2.33. The summed E-state index contributed by atoms with van der Waals surface area (Å²) in [5.74, 6) is -1.29. The average Bonchev–Trinajstić information content (AvgIpc) is 3.05. The Labute approximate surface area is 271 Å². The molecule has 0 spiro atoms. The Hall–Kier alpha value is -4.35. The van der Waals surface area contributed by atoms with Gasteiger partial charge >= 0.3 is 6.18 Å². The fourth-order valence-electron chi connectivity index (χ4n) is 4.82. The Balaban J connectivity index is 1.84.